The summed E-state index contributed by atoms with van der Waals surface area (Å²) in [6.07, 6.45) is 1.83. The topological polar surface area (TPSA) is 65.1 Å². The van der Waals surface area contributed by atoms with Crippen molar-refractivity contribution in [3.63, 3.8) is 0 Å². The van der Waals surface area contributed by atoms with Crippen LogP contribution >= 0.6 is 0 Å². The Morgan fingerprint density at radius 2 is 1.85 bits per heavy atom. The Hall–Kier alpha value is -3.02. The normalized spacial score (nSPS) is 12.9. The molecule has 1 aliphatic heterocycles. The average molecular weight is 355 g/mol. The lowest BCUT2D eigenvalue weighted by Crippen LogP contribution is -2.38. The van der Waals surface area contributed by atoms with Crippen molar-refractivity contribution < 1.29 is 23.8 Å². The third kappa shape index (κ3) is 3.49. The fraction of sp³-hybridized carbons (Fsp3) is 0.300. The van der Waals surface area contributed by atoms with Crippen LogP contribution in [0.3, 0.4) is 0 Å². The van der Waals surface area contributed by atoms with Gasteiger partial charge in [-0.15, -0.1) is 0 Å². The van der Waals surface area contributed by atoms with Crippen molar-refractivity contribution in [2.75, 3.05) is 32.3 Å². The molecule has 6 heteroatoms. The molecule has 6 nitrogen and oxygen atoms in total. The molecule has 1 heterocycles. The van der Waals surface area contributed by atoms with Gasteiger partial charge in [0.05, 0.1) is 14.2 Å². The first-order valence-corrected chi connectivity index (χ1v) is 8.42. The molecular formula is C20H21NO5. The van der Waals surface area contributed by atoms with Gasteiger partial charge < -0.3 is 19.1 Å². The number of aryl methyl sites for hydroxylation is 1. The summed E-state index contributed by atoms with van der Waals surface area (Å²) >= 11 is 0. The van der Waals surface area contributed by atoms with E-state index >= 15 is 0 Å². The minimum Gasteiger partial charge on any atom is -0.493 e. The van der Waals surface area contributed by atoms with Crippen molar-refractivity contribution in [3.05, 3.63) is 53.6 Å². The van der Waals surface area contributed by atoms with E-state index in [0.717, 1.165) is 24.1 Å². The number of carbonyl (C=O) groups is 2. The van der Waals surface area contributed by atoms with Crippen molar-refractivity contribution in [1.29, 1.82) is 0 Å². The number of nitrogens with zero attached hydrogens (tertiary/aromatic N) is 1. The van der Waals surface area contributed by atoms with Crippen LogP contribution in [-0.2, 0) is 16.0 Å². The quantitative estimate of drug-likeness (QED) is 0.772. The Labute approximate surface area is 152 Å². The van der Waals surface area contributed by atoms with Crippen LogP contribution in [0.1, 0.15) is 22.3 Å². The molecule has 2 aromatic carbocycles. The maximum absolute atomic E-state index is 12.6. The van der Waals surface area contributed by atoms with Crippen LogP contribution in [-0.4, -0.2) is 39.2 Å². The van der Waals surface area contributed by atoms with Crippen LogP contribution in [0.25, 0.3) is 0 Å². The van der Waals surface area contributed by atoms with Crippen LogP contribution in [0.5, 0.6) is 11.5 Å². The molecule has 0 saturated heterocycles. The molecule has 1 aliphatic rings. The molecule has 0 fully saturated rings. The zero-order valence-corrected chi connectivity index (χ0v) is 14.9. The zero-order valence-electron chi connectivity index (χ0n) is 14.9. The molecule has 0 saturated carbocycles. The monoisotopic (exact) mass is 355 g/mol. The number of hydrogen-bond acceptors (Lipinski definition) is 5. The van der Waals surface area contributed by atoms with E-state index in [0.29, 0.717) is 12.3 Å². The molecular weight excluding hydrogens is 334 g/mol. The number of hydrogen-bond donors (Lipinski definition) is 0. The van der Waals surface area contributed by atoms with E-state index in [1.165, 1.54) is 14.2 Å². The minimum atomic E-state index is -0.626. The summed E-state index contributed by atoms with van der Waals surface area (Å²) in [5, 5.41) is 0. The molecule has 0 N–H and O–H groups in total. The summed E-state index contributed by atoms with van der Waals surface area (Å²) < 4.78 is 15.7. The van der Waals surface area contributed by atoms with Gasteiger partial charge in [-0.05, 0) is 36.6 Å². The lowest BCUT2D eigenvalue weighted by Gasteiger charge is -2.29. The highest BCUT2D eigenvalue weighted by Gasteiger charge is 2.24. The Kier molecular flexibility index (Phi) is 5.41. The summed E-state index contributed by atoms with van der Waals surface area (Å²) in [6, 6.07) is 12.7. The van der Waals surface area contributed by atoms with E-state index in [4.69, 9.17) is 14.2 Å². The molecule has 136 valence electrons. The van der Waals surface area contributed by atoms with Gasteiger partial charge in [-0.2, -0.15) is 0 Å². The van der Waals surface area contributed by atoms with E-state index in [-0.39, 0.29) is 23.8 Å². The molecule has 0 aliphatic carbocycles. The lowest BCUT2D eigenvalue weighted by atomic mass is 10.0. The van der Waals surface area contributed by atoms with E-state index in [9.17, 15) is 9.59 Å². The molecule has 2 aromatic rings. The standard InChI is InChI=1S/C20H21NO5/c1-24-17-11-5-9-15(19(17)25-2)20(23)26-13-18(22)21-12-6-8-14-7-3-4-10-16(14)21/h3-5,7,9-11H,6,8,12-13H2,1-2H3. The molecule has 3 rings (SSSR count). The van der Waals surface area contributed by atoms with Crippen LogP contribution in [0.4, 0.5) is 5.69 Å². The SMILES string of the molecule is COc1cccc(C(=O)OCC(=O)N2CCCc3ccccc32)c1OC. The number of carbonyl (C=O) groups excluding carboxylic acids is 2. The maximum atomic E-state index is 12.6. The van der Waals surface area contributed by atoms with Gasteiger partial charge in [-0.3, -0.25) is 4.79 Å². The van der Waals surface area contributed by atoms with E-state index in [2.05, 4.69) is 0 Å². The van der Waals surface area contributed by atoms with Gasteiger partial charge in [0, 0.05) is 12.2 Å². The Morgan fingerprint density at radius 1 is 1.04 bits per heavy atom. The highest BCUT2D eigenvalue weighted by atomic mass is 16.5. The summed E-state index contributed by atoms with van der Waals surface area (Å²) in [4.78, 5) is 26.6. The van der Waals surface area contributed by atoms with Crippen LogP contribution in [0, 0.1) is 0 Å². The number of fused-ring (bicyclic) bond motifs is 1. The molecule has 1 amide bonds. The van der Waals surface area contributed by atoms with Gasteiger partial charge in [-0.25, -0.2) is 4.79 Å². The Morgan fingerprint density at radius 3 is 2.62 bits per heavy atom. The Balaban J connectivity index is 1.70. The van der Waals surface area contributed by atoms with Crippen molar-refractivity contribution in [2.45, 2.75) is 12.8 Å². The fourth-order valence-electron chi connectivity index (χ4n) is 3.12. The van der Waals surface area contributed by atoms with Crippen molar-refractivity contribution in [3.8, 4) is 11.5 Å². The lowest BCUT2D eigenvalue weighted by molar-refractivity contribution is -0.121. The highest BCUT2D eigenvalue weighted by molar-refractivity contribution is 5.99. The average Bonchev–Trinajstić information content (AvgIpc) is 2.70. The summed E-state index contributed by atoms with van der Waals surface area (Å²) in [6.45, 7) is 0.295. The van der Waals surface area contributed by atoms with Crippen molar-refractivity contribution in [1.82, 2.24) is 0 Å². The zero-order chi connectivity index (χ0) is 18.5. The molecule has 0 bridgehead atoms. The van der Waals surface area contributed by atoms with Gasteiger partial charge in [0.1, 0.15) is 5.56 Å². The van der Waals surface area contributed by atoms with Crippen LogP contribution in [0.15, 0.2) is 42.5 Å². The van der Waals surface area contributed by atoms with E-state index < -0.39 is 5.97 Å². The van der Waals surface area contributed by atoms with Gasteiger partial charge >= 0.3 is 5.97 Å². The van der Waals surface area contributed by atoms with Gasteiger partial charge in [0.15, 0.2) is 18.1 Å². The van der Waals surface area contributed by atoms with Crippen LogP contribution < -0.4 is 14.4 Å². The number of para-hydroxylation sites is 2. The molecule has 0 radical (unpaired) electrons. The predicted octanol–water partition coefficient (Wildman–Crippen LogP) is 2.84. The van der Waals surface area contributed by atoms with E-state index in [1.54, 1.807) is 23.1 Å². The molecule has 0 atom stereocenters. The predicted molar refractivity (Wildman–Crippen MR) is 96.9 cm³/mol. The maximum Gasteiger partial charge on any atom is 0.342 e. The number of benzene rings is 2. The Bertz CT molecular complexity index is 818. The third-order valence-electron chi connectivity index (χ3n) is 4.36. The van der Waals surface area contributed by atoms with E-state index in [1.807, 2.05) is 24.3 Å². The first kappa shape index (κ1) is 17.8. The largest absolute Gasteiger partial charge is 0.493 e. The fourth-order valence-corrected chi connectivity index (χ4v) is 3.12. The van der Waals surface area contributed by atoms with Gasteiger partial charge in [-0.1, -0.05) is 24.3 Å². The van der Waals surface area contributed by atoms with Gasteiger partial charge in [0.25, 0.3) is 5.91 Å². The molecule has 26 heavy (non-hydrogen) atoms. The molecule has 0 spiro atoms. The number of methoxy groups -OCH3 is 2. The summed E-state index contributed by atoms with van der Waals surface area (Å²) in [5.74, 6) is -0.152. The first-order valence-electron chi connectivity index (χ1n) is 8.42. The number of anilines is 1. The second kappa shape index (κ2) is 7.91. The van der Waals surface area contributed by atoms with Gasteiger partial charge in [0.2, 0.25) is 0 Å². The second-order valence-corrected chi connectivity index (χ2v) is 5.89. The third-order valence-corrected chi connectivity index (χ3v) is 4.36. The number of amides is 1. The second-order valence-electron chi connectivity index (χ2n) is 5.89. The highest BCUT2D eigenvalue weighted by Crippen LogP contribution is 2.31. The molecule has 0 unspecified atom stereocenters. The molecule has 0 aromatic heterocycles. The van der Waals surface area contributed by atoms with Crippen molar-refractivity contribution in [2.24, 2.45) is 0 Å². The smallest absolute Gasteiger partial charge is 0.342 e. The van der Waals surface area contributed by atoms with Crippen LogP contribution in [0.2, 0.25) is 0 Å². The summed E-state index contributed by atoms with van der Waals surface area (Å²) in [7, 11) is 2.94. The number of esters is 1. The number of rotatable bonds is 5. The minimum absolute atomic E-state index is 0.221. The number of ether oxygens (including phenoxy) is 3. The van der Waals surface area contributed by atoms with Crippen molar-refractivity contribution >= 4 is 17.6 Å². The summed E-state index contributed by atoms with van der Waals surface area (Å²) in [5.41, 5.74) is 2.24. The first-order chi connectivity index (χ1) is 12.7.